The number of fused-ring (bicyclic) bond motifs is 1. The van der Waals surface area contributed by atoms with Gasteiger partial charge in [0.25, 0.3) is 5.56 Å². The number of anilines is 1. The minimum absolute atomic E-state index is 0.195. The zero-order valence-electron chi connectivity index (χ0n) is 19.7. The molecule has 9 heteroatoms. The third-order valence-electron chi connectivity index (χ3n) is 5.27. The van der Waals surface area contributed by atoms with Gasteiger partial charge >= 0.3 is 0 Å². The molecule has 4 rings (SSSR count). The highest BCUT2D eigenvalue weighted by Gasteiger charge is 2.23. The van der Waals surface area contributed by atoms with Gasteiger partial charge < -0.3 is 14.8 Å². The summed E-state index contributed by atoms with van der Waals surface area (Å²) in [5.74, 6) is 1.16. The molecule has 0 aliphatic rings. The van der Waals surface area contributed by atoms with Crippen molar-refractivity contribution in [3.8, 4) is 17.2 Å². The third kappa shape index (κ3) is 5.46. The summed E-state index contributed by atoms with van der Waals surface area (Å²) in [6, 6.07) is 17.8. The van der Waals surface area contributed by atoms with E-state index in [9.17, 15) is 9.59 Å². The molecule has 180 valence electrons. The first-order chi connectivity index (χ1) is 17.0. The number of hydrogen-bond donors (Lipinski definition) is 1. The van der Waals surface area contributed by atoms with E-state index in [1.807, 2.05) is 26.0 Å². The Morgan fingerprint density at radius 1 is 1.09 bits per heavy atom. The number of nitrogens with one attached hydrogen (secondary N) is 1. The van der Waals surface area contributed by atoms with Crippen LogP contribution in [-0.2, 0) is 4.79 Å². The van der Waals surface area contributed by atoms with Gasteiger partial charge in [-0.05, 0) is 61.9 Å². The molecule has 0 unspecified atom stereocenters. The van der Waals surface area contributed by atoms with Gasteiger partial charge in [-0.3, -0.25) is 14.2 Å². The molecule has 2 heterocycles. The van der Waals surface area contributed by atoms with E-state index in [0.717, 1.165) is 0 Å². The number of benzene rings is 2. The Bertz CT molecular complexity index is 1390. The number of ether oxygens (including phenoxy) is 2. The highest BCUT2D eigenvalue weighted by atomic mass is 32.2. The minimum atomic E-state index is -0.497. The standard InChI is InChI=1S/C26H26N4O4S/c1-4-22(24(31)28-17-8-6-9-20(16-17)33-3)35-26-29-23-21(10-7-15-27-23)25(32)30(26)18-11-13-19(14-12-18)34-5-2/h6-16,22H,4-5H2,1-3H3,(H,28,31)/t22-/m1/s1. The highest BCUT2D eigenvalue weighted by Crippen LogP contribution is 2.28. The van der Waals surface area contributed by atoms with Crippen molar-refractivity contribution >= 4 is 34.4 Å². The van der Waals surface area contributed by atoms with Crippen LogP contribution in [0.15, 0.2) is 76.8 Å². The Balaban J connectivity index is 1.71. The number of methoxy groups -OCH3 is 1. The minimum Gasteiger partial charge on any atom is -0.497 e. The summed E-state index contributed by atoms with van der Waals surface area (Å²) in [7, 11) is 1.57. The second-order valence-corrected chi connectivity index (χ2v) is 8.74. The number of amides is 1. The second-order valence-electron chi connectivity index (χ2n) is 7.57. The van der Waals surface area contributed by atoms with E-state index < -0.39 is 5.25 Å². The van der Waals surface area contributed by atoms with Gasteiger partial charge in [0.1, 0.15) is 11.5 Å². The van der Waals surface area contributed by atoms with Crippen LogP contribution in [0.5, 0.6) is 11.5 Å². The highest BCUT2D eigenvalue weighted by molar-refractivity contribution is 8.00. The van der Waals surface area contributed by atoms with Crippen molar-refractivity contribution in [2.24, 2.45) is 0 Å². The van der Waals surface area contributed by atoms with E-state index in [1.54, 1.807) is 61.8 Å². The van der Waals surface area contributed by atoms with E-state index in [1.165, 1.54) is 16.3 Å². The van der Waals surface area contributed by atoms with Crippen molar-refractivity contribution < 1.29 is 14.3 Å². The zero-order chi connectivity index (χ0) is 24.8. The predicted octanol–water partition coefficient (Wildman–Crippen LogP) is 4.70. The van der Waals surface area contributed by atoms with Crippen LogP contribution in [0.2, 0.25) is 0 Å². The lowest BCUT2D eigenvalue weighted by Crippen LogP contribution is -2.27. The second kappa shape index (κ2) is 11.1. The molecular formula is C26H26N4O4S. The van der Waals surface area contributed by atoms with Crippen molar-refractivity contribution in [1.29, 1.82) is 0 Å². The average molecular weight is 491 g/mol. The molecule has 0 aliphatic heterocycles. The number of thioether (sulfide) groups is 1. The number of carbonyl (C=O) groups is 1. The molecular weight excluding hydrogens is 464 g/mol. The Hall–Kier alpha value is -3.85. The first kappa shape index (κ1) is 24.3. The van der Waals surface area contributed by atoms with Gasteiger partial charge in [-0.1, -0.05) is 24.8 Å². The topological polar surface area (TPSA) is 95.3 Å². The van der Waals surface area contributed by atoms with Crippen molar-refractivity contribution in [3.05, 3.63) is 77.2 Å². The maximum absolute atomic E-state index is 13.5. The molecule has 8 nitrogen and oxygen atoms in total. The molecule has 0 saturated heterocycles. The van der Waals surface area contributed by atoms with Crippen LogP contribution in [-0.4, -0.2) is 39.4 Å². The maximum Gasteiger partial charge on any atom is 0.268 e. The van der Waals surface area contributed by atoms with Gasteiger partial charge in [-0.2, -0.15) is 0 Å². The molecule has 1 N–H and O–H groups in total. The lowest BCUT2D eigenvalue weighted by atomic mass is 10.2. The van der Waals surface area contributed by atoms with Crippen LogP contribution >= 0.6 is 11.8 Å². The molecule has 0 aliphatic carbocycles. The van der Waals surface area contributed by atoms with Crippen molar-refractivity contribution in [1.82, 2.24) is 14.5 Å². The Morgan fingerprint density at radius 3 is 2.60 bits per heavy atom. The SMILES string of the molecule is CCOc1ccc(-n2c(S[C@H](CC)C(=O)Nc3cccc(OC)c3)nc3ncccc3c2=O)cc1. The van der Waals surface area contributed by atoms with Gasteiger partial charge in [0.2, 0.25) is 5.91 Å². The first-order valence-electron chi connectivity index (χ1n) is 11.3. The Morgan fingerprint density at radius 2 is 1.89 bits per heavy atom. The summed E-state index contributed by atoms with van der Waals surface area (Å²) >= 11 is 1.23. The lowest BCUT2D eigenvalue weighted by Gasteiger charge is -2.18. The van der Waals surface area contributed by atoms with Crippen molar-refractivity contribution in [2.75, 3.05) is 19.0 Å². The summed E-state index contributed by atoms with van der Waals surface area (Å²) in [4.78, 5) is 35.6. The number of hydrogen-bond acceptors (Lipinski definition) is 7. The average Bonchev–Trinajstić information content (AvgIpc) is 2.88. The fraction of sp³-hybridized carbons (Fsp3) is 0.231. The van der Waals surface area contributed by atoms with Gasteiger partial charge in [-0.25, -0.2) is 9.97 Å². The van der Waals surface area contributed by atoms with Crippen LogP contribution in [0, 0.1) is 0 Å². The fourth-order valence-corrected chi connectivity index (χ4v) is 4.56. The van der Waals surface area contributed by atoms with Crippen LogP contribution in [0.1, 0.15) is 20.3 Å². The molecule has 4 aromatic rings. The molecule has 2 aromatic heterocycles. The van der Waals surface area contributed by atoms with Crippen LogP contribution in [0.4, 0.5) is 5.69 Å². The third-order valence-corrected chi connectivity index (χ3v) is 6.58. The fourth-order valence-electron chi connectivity index (χ4n) is 3.54. The number of aromatic nitrogens is 3. The molecule has 0 bridgehead atoms. The predicted molar refractivity (Wildman–Crippen MR) is 138 cm³/mol. The van der Waals surface area contributed by atoms with E-state index in [-0.39, 0.29) is 11.5 Å². The summed E-state index contributed by atoms with van der Waals surface area (Å²) in [5, 5.41) is 3.23. The molecule has 0 spiro atoms. The maximum atomic E-state index is 13.5. The van der Waals surface area contributed by atoms with Crippen LogP contribution in [0.25, 0.3) is 16.7 Å². The number of carbonyl (C=O) groups excluding carboxylic acids is 1. The van der Waals surface area contributed by atoms with E-state index in [4.69, 9.17) is 9.47 Å². The van der Waals surface area contributed by atoms with Gasteiger partial charge in [-0.15, -0.1) is 0 Å². The van der Waals surface area contributed by atoms with Gasteiger partial charge in [0.15, 0.2) is 10.8 Å². The van der Waals surface area contributed by atoms with Gasteiger partial charge in [0, 0.05) is 18.0 Å². The number of rotatable bonds is 9. The normalized spacial score (nSPS) is 11.7. The quantitative estimate of drug-likeness (QED) is 0.268. The van der Waals surface area contributed by atoms with Crippen LogP contribution < -0.4 is 20.3 Å². The number of nitrogens with zero attached hydrogens (tertiary/aromatic N) is 3. The summed E-state index contributed by atoms with van der Waals surface area (Å²) in [5.41, 5.74) is 1.34. The van der Waals surface area contributed by atoms with Crippen LogP contribution in [0.3, 0.4) is 0 Å². The zero-order valence-corrected chi connectivity index (χ0v) is 20.5. The molecule has 1 amide bonds. The first-order valence-corrected chi connectivity index (χ1v) is 12.1. The molecule has 0 saturated carbocycles. The Labute approximate surface area is 207 Å². The molecule has 35 heavy (non-hydrogen) atoms. The number of pyridine rings is 1. The largest absolute Gasteiger partial charge is 0.497 e. The smallest absolute Gasteiger partial charge is 0.268 e. The monoisotopic (exact) mass is 490 g/mol. The van der Waals surface area contributed by atoms with E-state index in [2.05, 4.69) is 15.3 Å². The summed E-state index contributed by atoms with van der Waals surface area (Å²) < 4.78 is 12.3. The van der Waals surface area contributed by atoms with E-state index in [0.29, 0.717) is 52.1 Å². The van der Waals surface area contributed by atoms with Crippen molar-refractivity contribution in [3.63, 3.8) is 0 Å². The molecule has 0 radical (unpaired) electrons. The van der Waals surface area contributed by atoms with Crippen molar-refractivity contribution in [2.45, 2.75) is 30.7 Å². The lowest BCUT2D eigenvalue weighted by molar-refractivity contribution is -0.115. The molecule has 2 aromatic carbocycles. The summed E-state index contributed by atoms with van der Waals surface area (Å²) in [6.45, 7) is 4.38. The van der Waals surface area contributed by atoms with E-state index >= 15 is 0 Å². The molecule has 1 atom stereocenters. The molecule has 0 fully saturated rings. The Kier molecular flexibility index (Phi) is 7.67. The summed E-state index contributed by atoms with van der Waals surface area (Å²) in [6.07, 6.45) is 2.12. The van der Waals surface area contributed by atoms with Gasteiger partial charge in [0.05, 0.1) is 30.0 Å².